The molecule has 0 aliphatic carbocycles. The fourth-order valence-corrected chi connectivity index (χ4v) is 6.33. The van der Waals surface area contributed by atoms with E-state index < -0.39 is 10.0 Å². The third kappa shape index (κ3) is 5.72. The Kier molecular flexibility index (Phi) is 8.45. The van der Waals surface area contributed by atoms with Crippen LogP contribution in [0.1, 0.15) is 50.9 Å². The molecule has 3 rings (SSSR count). The van der Waals surface area contributed by atoms with E-state index in [9.17, 15) is 13.2 Å². The van der Waals surface area contributed by atoms with Crippen LogP contribution in [0.4, 0.5) is 10.8 Å². The fourth-order valence-electron chi connectivity index (χ4n) is 3.70. The number of carbonyl (C=O) groups excluding carboxylic acids is 1. The maximum absolute atomic E-state index is 13.1. The van der Waals surface area contributed by atoms with E-state index in [2.05, 4.69) is 29.0 Å². The van der Waals surface area contributed by atoms with E-state index in [0.29, 0.717) is 29.3 Å². The molecule has 1 heterocycles. The van der Waals surface area contributed by atoms with Gasteiger partial charge in [0, 0.05) is 37.4 Å². The van der Waals surface area contributed by atoms with Gasteiger partial charge in [0.2, 0.25) is 10.0 Å². The van der Waals surface area contributed by atoms with Crippen molar-refractivity contribution in [3.63, 3.8) is 0 Å². The Bertz CT molecular complexity index is 1180. The van der Waals surface area contributed by atoms with E-state index in [4.69, 9.17) is 0 Å². The zero-order valence-electron chi connectivity index (χ0n) is 19.7. The van der Waals surface area contributed by atoms with Crippen molar-refractivity contribution in [3.8, 4) is 0 Å². The van der Waals surface area contributed by atoms with Gasteiger partial charge in [-0.05, 0) is 69.2 Å². The van der Waals surface area contributed by atoms with Gasteiger partial charge in [-0.25, -0.2) is 13.4 Å². The molecule has 9 heteroatoms. The molecule has 7 nitrogen and oxygen atoms in total. The molecule has 1 aromatic heterocycles. The van der Waals surface area contributed by atoms with E-state index in [1.807, 2.05) is 26.0 Å². The van der Waals surface area contributed by atoms with Crippen LogP contribution in [0.25, 0.3) is 10.2 Å². The number of fused-ring (bicyclic) bond motifs is 1. The van der Waals surface area contributed by atoms with E-state index >= 15 is 0 Å². The number of hydrogen-bond donors (Lipinski definition) is 1. The number of hydrogen-bond acceptors (Lipinski definition) is 6. The molecule has 1 N–H and O–H groups in total. The van der Waals surface area contributed by atoms with Gasteiger partial charge in [0.25, 0.3) is 5.91 Å². The summed E-state index contributed by atoms with van der Waals surface area (Å²) in [4.78, 5) is 19.6. The van der Waals surface area contributed by atoms with Crippen LogP contribution in [0.5, 0.6) is 0 Å². The number of anilines is 2. The maximum atomic E-state index is 13.1. The number of aromatic nitrogens is 1. The Morgan fingerprint density at radius 1 is 0.970 bits per heavy atom. The van der Waals surface area contributed by atoms with Gasteiger partial charge in [-0.2, -0.15) is 4.31 Å². The van der Waals surface area contributed by atoms with Gasteiger partial charge < -0.3 is 4.90 Å². The second-order valence-corrected chi connectivity index (χ2v) is 10.7. The number of thiazole rings is 1. The minimum Gasteiger partial charge on any atom is -0.372 e. The van der Waals surface area contributed by atoms with Gasteiger partial charge in [0.05, 0.1) is 15.1 Å². The number of nitrogens with zero attached hydrogens (tertiary/aromatic N) is 3. The first-order valence-corrected chi connectivity index (χ1v) is 13.7. The molecular weight excluding hydrogens is 456 g/mol. The Hall–Kier alpha value is -2.49. The molecule has 0 fully saturated rings. The van der Waals surface area contributed by atoms with Crippen molar-refractivity contribution in [1.29, 1.82) is 0 Å². The lowest BCUT2D eigenvalue weighted by atomic mass is 10.2. The average molecular weight is 489 g/mol. The SMILES string of the molecule is CCCN(CCC)S(=O)(=O)c1ccc2nc(NC(=O)c3ccc(N(CC)CC)cc3)sc2c1. The van der Waals surface area contributed by atoms with Crippen LogP contribution in [-0.4, -0.2) is 49.8 Å². The standard InChI is InChI=1S/C24H32N4O3S2/c1-5-15-28(16-6-2)33(30,31)20-13-14-21-22(17-20)32-24(25-21)26-23(29)18-9-11-19(12-10-18)27(7-3)8-4/h9-14,17H,5-8,15-16H2,1-4H3,(H,25,26,29). The largest absolute Gasteiger partial charge is 0.372 e. The zero-order valence-corrected chi connectivity index (χ0v) is 21.3. The van der Waals surface area contributed by atoms with Gasteiger partial charge in [0.1, 0.15) is 0 Å². The second-order valence-electron chi connectivity index (χ2n) is 7.73. The van der Waals surface area contributed by atoms with Crippen LogP contribution >= 0.6 is 11.3 Å². The Morgan fingerprint density at radius 2 is 1.61 bits per heavy atom. The molecule has 178 valence electrons. The molecule has 0 atom stereocenters. The number of benzene rings is 2. The quantitative estimate of drug-likeness (QED) is 0.401. The lowest BCUT2D eigenvalue weighted by Gasteiger charge is -2.20. The van der Waals surface area contributed by atoms with Gasteiger partial charge in [-0.15, -0.1) is 0 Å². The van der Waals surface area contributed by atoms with Crippen molar-refractivity contribution in [2.75, 3.05) is 36.4 Å². The van der Waals surface area contributed by atoms with Crippen molar-refractivity contribution in [2.45, 2.75) is 45.4 Å². The number of rotatable bonds is 11. The van der Waals surface area contributed by atoms with Crippen molar-refractivity contribution in [2.24, 2.45) is 0 Å². The second kappa shape index (κ2) is 11.1. The summed E-state index contributed by atoms with van der Waals surface area (Å²) >= 11 is 1.27. The summed E-state index contributed by atoms with van der Waals surface area (Å²) in [6.45, 7) is 10.9. The molecule has 0 spiro atoms. The highest BCUT2D eigenvalue weighted by atomic mass is 32.2. The molecule has 0 aliphatic rings. The third-order valence-electron chi connectivity index (χ3n) is 5.42. The molecule has 0 unspecified atom stereocenters. The van der Waals surface area contributed by atoms with Crippen LogP contribution in [0, 0.1) is 0 Å². The Labute approximate surface area is 200 Å². The predicted molar refractivity (Wildman–Crippen MR) is 137 cm³/mol. The molecule has 33 heavy (non-hydrogen) atoms. The van der Waals surface area contributed by atoms with Crippen LogP contribution in [-0.2, 0) is 10.0 Å². The molecule has 3 aromatic rings. The first-order valence-electron chi connectivity index (χ1n) is 11.4. The predicted octanol–water partition coefficient (Wildman–Crippen LogP) is 5.21. The van der Waals surface area contributed by atoms with Gasteiger partial charge >= 0.3 is 0 Å². The van der Waals surface area contributed by atoms with Crippen LogP contribution in [0.15, 0.2) is 47.4 Å². The molecule has 0 aliphatic heterocycles. The van der Waals surface area contributed by atoms with E-state index in [1.165, 1.54) is 15.6 Å². The maximum Gasteiger partial charge on any atom is 0.257 e. The molecule has 0 saturated carbocycles. The van der Waals surface area contributed by atoms with Gasteiger partial charge in [-0.3, -0.25) is 10.1 Å². The highest BCUT2D eigenvalue weighted by Crippen LogP contribution is 2.30. The lowest BCUT2D eigenvalue weighted by molar-refractivity contribution is 0.102. The molecule has 0 radical (unpaired) electrons. The van der Waals surface area contributed by atoms with Crippen LogP contribution < -0.4 is 10.2 Å². The summed E-state index contributed by atoms with van der Waals surface area (Å²) in [5.41, 5.74) is 2.28. The topological polar surface area (TPSA) is 82.6 Å². The lowest BCUT2D eigenvalue weighted by Crippen LogP contribution is -2.32. The number of sulfonamides is 1. The van der Waals surface area contributed by atoms with Crippen molar-refractivity contribution >= 4 is 48.3 Å². The Balaban J connectivity index is 1.80. The van der Waals surface area contributed by atoms with Crippen molar-refractivity contribution in [1.82, 2.24) is 9.29 Å². The van der Waals surface area contributed by atoms with Crippen LogP contribution in [0.3, 0.4) is 0 Å². The van der Waals surface area contributed by atoms with E-state index in [0.717, 1.165) is 36.3 Å². The molecule has 0 bridgehead atoms. The minimum absolute atomic E-state index is 0.245. The van der Waals surface area contributed by atoms with E-state index in [-0.39, 0.29) is 10.8 Å². The number of amides is 1. The molecule has 0 saturated heterocycles. The molecule has 2 aromatic carbocycles. The highest BCUT2D eigenvalue weighted by molar-refractivity contribution is 7.89. The first kappa shape index (κ1) is 25.1. The summed E-state index contributed by atoms with van der Waals surface area (Å²) in [7, 11) is -3.57. The van der Waals surface area contributed by atoms with Crippen molar-refractivity contribution in [3.05, 3.63) is 48.0 Å². The summed E-state index contributed by atoms with van der Waals surface area (Å²) in [6.07, 6.45) is 1.52. The fraction of sp³-hybridized carbons (Fsp3) is 0.417. The zero-order chi connectivity index (χ0) is 24.0. The molecule has 1 amide bonds. The highest BCUT2D eigenvalue weighted by Gasteiger charge is 2.24. The summed E-state index contributed by atoms with van der Waals surface area (Å²) < 4.78 is 28.4. The van der Waals surface area contributed by atoms with Crippen molar-refractivity contribution < 1.29 is 13.2 Å². The number of nitrogens with one attached hydrogen (secondary N) is 1. The summed E-state index contributed by atoms with van der Waals surface area (Å²) in [5.74, 6) is -0.245. The van der Waals surface area contributed by atoms with Crippen LogP contribution in [0.2, 0.25) is 0 Å². The third-order valence-corrected chi connectivity index (χ3v) is 8.25. The monoisotopic (exact) mass is 488 g/mol. The first-order chi connectivity index (χ1) is 15.8. The molecular formula is C24H32N4O3S2. The normalized spacial score (nSPS) is 11.8. The Morgan fingerprint density at radius 3 is 2.18 bits per heavy atom. The summed E-state index contributed by atoms with van der Waals surface area (Å²) in [5, 5.41) is 3.28. The minimum atomic E-state index is -3.57. The summed E-state index contributed by atoms with van der Waals surface area (Å²) in [6, 6.07) is 12.4. The van der Waals surface area contributed by atoms with Gasteiger partial charge in [0.15, 0.2) is 5.13 Å². The smallest absolute Gasteiger partial charge is 0.257 e. The average Bonchev–Trinajstić information content (AvgIpc) is 3.21. The van der Waals surface area contributed by atoms with Gasteiger partial charge in [-0.1, -0.05) is 25.2 Å². The van der Waals surface area contributed by atoms with E-state index in [1.54, 1.807) is 30.3 Å². The number of carbonyl (C=O) groups is 1.